The number of aliphatic hydroxyl groups excluding tert-OH is 3. The van der Waals surface area contributed by atoms with Crippen molar-refractivity contribution in [1.82, 2.24) is 0 Å². The van der Waals surface area contributed by atoms with E-state index in [1.807, 2.05) is 0 Å². The lowest BCUT2D eigenvalue weighted by Crippen LogP contribution is -2.76. The minimum absolute atomic E-state index is 0.0422. The summed E-state index contributed by atoms with van der Waals surface area (Å²) in [4.78, 5) is 67.5. The second kappa shape index (κ2) is 9.48. The van der Waals surface area contributed by atoms with Crippen molar-refractivity contribution in [3.63, 3.8) is 0 Å². The van der Waals surface area contributed by atoms with E-state index in [4.69, 9.17) is 18.9 Å². The van der Waals surface area contributed by atoms with Gasteiger partial charge in [-0.1, -0.05) is 6.92 Å². The summed E-state index contributed by atoms with van der Waals surface area (Å²) in [6.07, 6.45) is -8.15. The highest BCUT2D eigenvalue weighted by molar-refractivity contribution is 5.94. The Labute approximate surface area is 270 Å². The van der Waals surface area contributed by atoms with Crippen LogP contribution >= 0.6 is 0 Å². The summed E-state index contributed by atoms with van der Waals surface area (Å²) in [7, 11) is 0. The van der Waals surface area contributed by atoms with Gasteiger partial charge >= 0.3 is 17.9 Å². The van der Waals surface area contributed by atoms with Crippen molar-refractivity contribution in [2.24, 2.45) is 51.8 Å². The average molecular weight is 663 g/mol. The molecule has 7 rings (SSSR count). The highest BCUT2D eigenvalue weighted by atomic mass is 16.6. The van der Waals surface area contributed by atoms with Gasteiger partial charge in [0.05, 0.1) is 34.7 Å². The quantitative estimate of drug-likeness (QED) is 0.138. The molecule has 0 amide bonds. The molecule has 7 aliphatic rings. The molecule has 0 bridgehead atoms. The molecule has 2 saturated heterocycles. The van der Waals surface area contributed by atoms with Crippen molar-refractivity contribution >= 4 is 29.5 Å². The van der Waals surface area contributed by atoms with Gasteiger partial charge in [-0.15, -0.1) is 0 Å². The van der Waals surface area contributed by atoms with Gasteiger partial charge < -0.3 is 44.5 Å². The molecule has 6 fully saturated rings. The van der Waals surface area contributed by atoms with E-state index < -0.39 is 135 Å². The Morgan fingerprint density at radius 2 is 1.53 bits per heavy atom. The van der Waals surface area contributed by atoms with E-state index in [9.17, 15) is 49.5 Å². The maximum Gasteiger partial charge on any atom is 0.343 e. The Morgan fingerprint density at radius 1 is 0.915 bits per heavy atom. The monoisotopic (exact) mass is 662 g/mol. The van der Waals surface area contributed by atoms with Crippen molar-refractivity contribution in [2.45, 2.75) is 109 Å². The summed E-state index contributed by atoms with van der Waals surface area (Å²) >= 11 is 0. The molecule has 5 N–H and O–H groups in total. The second-order valence-electron chi connectivity index (χ2n) is 15.7. The second-order valence-corrected chi connectivity index (χ2v) is 15.7. The van der Waals surface area contributed by atoms with Crippen LogP contribution in [0.5, 0.6) is 0 Å². The third kappa shape index (κ3) is 3.59. The molecular weight excluding hydrogens is 620 g/mol. The summed E-state index contributed by atoms with van der Waals surface area (Å²) in [5.41, 5.74) is -9.47. The Kier molecular flexibility index (Phi) is 6.61. The smallest absolute Gasteiger partial charge is 0.343 e. The van der Waals surface area contributed by atoms with Crippen LogP contribution in [0.2, 0.25) is 0 Å². The molecule has 5 aliphatic carbocycles. The first-order valence-electron chi connectivity index (χ1n) is 16.1. The number of hydrogen-bond acceptors (Lipinski definition) is 14. The zero-order valence-electron chi connectivity index (χ0n) is 27.2. The maximum atomic E-state index is 14.6. The zero-order chi connectivity index (χ0) is 34.7. The molecule has 0 aromatic heterocycles. The van der Waals surface area contributed by atoms with E-state index in [1.54, 1.807) is 6.92 Å². The average Bonchev–Trinajstić information content (AvgIpc) is 3.65. The number of hydrogen-bond donors (Lipinski definition) is 5. The van der Waals surface area contributed by atoms with Crippen molar-refractivity contribution in [1.29, 1.82) is 0 Å². The molecule has 18 unspecified atom stereocenters. The van der Waals surface area contributed by atoms with Crippen LogP contribution in [0.15, 0.2) is 11.8 Å². The van der Waals surface area contributed by atoms with Crippen molar-refractivity contribution < 1.29 is 68.5 Å². The first-order valence-corrected chi connectivity index (χ1v) is 16.1. The lowest BCUT2D eigenvalue weighted by atomic mass is 9.40. The number of carbonyl (C=O) groups is 5. The molecule has 258 valence electrons. The normalized spacial score (nSPS) is 56.8. The summed E-state index contributed by atoms with van der Waals surface area (Å²) in [5.74, 6) is -12.0. The Hall–Kier alpha value is -2.75. The Balaban J connectivity index is 1.54. The third-order valence-electron chi connectivity index (χ3n) is 13.6. The van der Waals surface area contributed by atoms with Crippen LogP contribution in [0, 0.1) is 51.8 Å². The van der Waals surface area contributed by atoms with Crippen molar-refractivity contribution in [3.8, 4) is 0 Å². The summed E-state index contributed by atoms with van der Waals surface area (Å²) < 4.78 is 23.1. The molecule has 14 nitrogen and oxygen atoms in total. The van der Waals surface area contributed by atoms with Gasteiger partial charge in [0, 0.05) is 54.8 Å². The molecule has 2 aliphatic heterocycles. The van der Waals surface area contributed by atoms with E-state index in [2.05, 4.69) is 0 Å². The lowest BCUT2D eigenvalue weighted by Gasteiger charge is -2.65. The van der Waals surface area contributed by atoms with Crippen LogP contribution in [0.4, 0.5) is 0 Å². The first-order chi connectivity index (χ1) is 21.6. The maximum absolute atomic E-state index is 14.6. The number of ether oxygens (including phenoxy) is 4. The van der Waals surface area contributed by atoms with E-state index in [1.165, 1.54) is 33.8 Å². The van der Waals surface area contributed by atoms with Gasteiger partial charge in [-0.25, -0.2) is 4.79 Å². The number of Topliss-reactive ketones (excluding diaryl/α,β-unsaturated/α-hetero) is 2. The third-order valence-corrected chi connectivity index (χ3v) is 13.6. The summed E-state index contributed by atoms with van der Waals surface area (Å²) in [6.45, 7) is 9.12. The topological polar surface area (TPSA) is 227 Å². The predicted molar refractivity (Wildman–Crippen MR) is 153 cm³/mol. The highest BCUT2D eigenvalue weighted by Gasteiger charge is 2.85. The van der Waals surface area contributed by atoms with E-state index in [0.29, 0.717) is 0 Å². The number of ketones is 2. The molecule has 4 saturated carbocycles. The SMILES string of the molecule is CC(=O)OC1C(OC(C)=O)C2(C)C(C(O)C3C2C(C)(O)C=C2OC(=O)C(C)(O)C23C)C2C(=O)C(O)C3CC4OC4C(O)C3(C(C)=O)C12. The molecule has 18 atom stereocenters. The predicted octanol–water partition coefficient (Wildman–Crippen LogP) is -1.04. The van der Waals surface area contributed by atoms with Gasteiger partial charge in [0.1, 0.15) is 36.0 Å². The minimum Gasteiger partial charge on any atom is -0.458 e. The molecule has 0 radical (unpaired) electrons. The molecule has 0 aromatic carbocycles. The fourth-order valence-corrected chi connectivity index (χ4v) is 11.9. The highest BCUT2D eigenvalue weighted by Crippen LogP contribution is 2.75. The van der Waals surface area contributed by atoms with E-state index in [0.717, 1.165) is 13.8 Å². The van der Waals surface area contributed by atoms with Crippen LogP contribution in [-0.4, -0.2) is 109 Å². The zero-order valence-corrected chi connectivity index (χ0v) is 27.2. The Morgan fingerprint density at radius 3 is 2.11 bits per heavy atom. The molecular formula is C33H42O14. The van der Waals surface area contributed by atoms with Gasteiger partial charge in [0.25, 0.3) is 0 Å². The van der Waals surface area contributed by atoms with Crippen LogP contribution in [0.1, 0.15) is 54.9 Å². The first kappa shape index (κ1) is 32.8. The lowest BCUT2D eigenvalue weighted by molar-refractivity contribution is -0.266. The number of carbonyl (C=O) groups excluding carboxylic acids is 5. The fraction of sp³-hybridized carbons (Fsp3) is 0.788. The van der Waals surface area contributed by atoms with E-state index >= 15 is 0 Å². The molecule has 0 aromatic rings. The number of aliphatic hydroxyl groups is 5. The standard InChI is InChI=1S/C33H42O14/c1-10(34)33-13(8-14-23(46-14)26(33)40)20(37)21(38)16-17-22(39)19-25(29(4,42)9-15-31(19,6)32(7,43)28(41)47-15)30(17,5)27(45-12(3)36)24(18(16)33)44-11(2)35/h9,13-14,16-20,22-27,37,39-40,42-43H,8H2,1-7H3. The van der Waals surface area contributed by atoms with Crippen LogP contribution in [0.3, 0.4) is 0 Å². The van der Waals surface area contributed by atoms with Crippen molar-refractivity contribution in [3.05, 3.63) is 11.8 Å². The molecule has 0 spiro atoms. The largest absolute Gasteiger partial charge is 0.458 e. The van der Waals surface area contributed by atoms with Gasteiger partial charge in [-0.3, -0.25) is 19.2 Å². The number of esters is 3. The van der Waals surface area contributed by atoms with Gasteiger partial charge in [0.2, 0.25) is 0 Å². The fourth-order valence-electron chi connectivity index (χ4n) is 11.9. The van der Waals surface area contributed by atoms with Gasteiger partial charge in [-0.05, 0) is 40.2 Å². The van der Waals surface area contributed by atoms with E-state index in [-0.39, 0.29) is 12.2 Å². The van der Waals surface area contributed by atoms with Crippen molar-refractivity contribution in [2.75, 3.05) is 0 Å². The molecule has 47 heavy (non-hydrogen) atoms. The molecule has 2 heterocycles. The van der Waals surface area contributed by atoms with Crippen LogP contribution < -0.4 is 0 Å². The van der Waals surface area contributed by atoms with Crippen LogP contribution in [0.25, 0.3) is 0 Å². The number of epoxide rings is 1. The molecule has 14 heteroatoms. The summed E-state index contributed by atoms with van der Waals surface area (Å²) in [6, 6.07) is 0. The minimum atomic E-state index is -2.23. The van der Waals surface area contributed by atoms with Gasteiger partial charge in [0.15, 0.2) is 11.4 Å². The number of rotatable bonds is 3. The van der Waals surface area contributed by atoms with Crippen LogP contribution in [-0.2, 0) is 42.9 Å². The van der Waals surface area contributed by atoms with Gasteiger partial charge in [-0.2, -0.15) is 0 Å². The Bertz CT molecular complexity index is 1530. The summed E-state index contributed by atoms with van der Waals surface area (Å²) in [5, 5.41) is 60.0. The number of fused-ring (bicyclic) bond motifs is 10.